The molecule has 1 aliphatic carbocycles. The first-order chi connectivity index (χ1) is 20.1. The second-order valence-corrected chi connectivity index (χ2v) is 10.3. The molecule has 13 heteroatoms. The van der Waals surface area contributed by atoms with Crippen LogP contribution in [0, 0.1) is 6.92 Å². The summed E-state index contributed by atoms with van der Waals surface area (Å²) in [5.74, 6) is -0.201. The van der Waals surface area contributed by atoms with E-state index in [1.54, 1.807) is 29.2 Å². The van der Waals surface area contributed by atoms with Crippen molar-refractivity contribution < 1.29 is 32.0 Å². The van der Waals surface area contributed by atoms with E-state index in [2.05, 4.69) is 31.2 Å². The van der Waals surface area contributed by atoms with Gasteiger partial charge in [-0.25, -0.2) is 14.8 Å². The molecular formula is C29H29F3N7O3+. The number of hydrogen-bond acceptors (Lipinski definition) is 6. The summed E-state index contributed by atoms with van der Waals surface area (Å²) in [4.78, 5) is 33.5. The van der Waals surface area contributed by atoms with E-state index in [0.717, 1.165) is 54.5 Å². The van der Waals surface area contributed by atoms with Gasteiger partial charge in [0.15, 0.2) is 6.04 Å². The van der Waals surface area contributed by atoms with Crippen molar-refractivity contribution >= 4 is 29.2 Å². The highest BCUT2D eigenvalue weighted by Gasteiger charge is 2.33. The van der Waals surface area contributed by atoms with E-state index in [1.165, 1.54) is 18.6 Å². The van der Waals surface area contributed by atoms with Gasteiger partial charge >= 0.3 is 18.1 Å². The highest BCUT2D eigenvalue weighted by atomic mass is 19.4. The minimum absolute atomic E-state index is 0.0153. The first kappa shape index (κ1) is 28.7. The van der Waals surface area contributed by atoms with E-state index in [-0.39, 0.29) is 35.6 Å². The lowest BCUT2D eigenvalue weighted by Gasteiger charge is -2.23. The van der Waals surface area contributed by atoms with Gasteiger partial charge in [0.1, 0.15) is 6.33 Å². The van der Waals surface area contributed by atoms with Crippen molar-refractivity contribution in [1.82, 2.24) is 15.2 Å². The Hall–Kier alpha value is -4.81. The molecule has 5 rings (SSSR count). The topological polar surface area (TPSA) is 126 Å². The molecule has 0 bridgehead atoms. The Balaban J connectivity index is 1.24. The Morgan fingerprint density at radius 3 is 2.50 bits per heavy atom. The number of aromatic nitrogens is 4. The average molecular weight is 581 g/mol. The maximum absolute atomic E-state index is 13.6. The Labute approximate surface area is 239 Å². The Morgan fingerprint density at radius 2 is 1.76 bits per heavy atom. The largest absolute Gasteiger partial charge is 0.416 e. The second-order valence-electron chi connectivity index (χ2n) is 10.3. The summed E-state index contributed by atoms with van der Waals surface area (Å²) in [5, 5.41) is 11.4. The summed E-state index contributed by atoms with van der Waals surface area (Å²) in [6, 6.07) is 9.27. The van der Waals surface area contributed by atoms with Crippen LogP contribution < -0.4 is 20.6 Å². The third-order valence-electron chi connectivity index (χ3n) is 7.21. The first-order valence-corrected chi connectivity index (χ1v) is 13.4. The zero-order chi connectivity index (χ0) is 29.7. The number of alkyl halides is 3. The Kier molecular flexibility index (Phi) is 8.46. The lowest BCUT2D eigenvalue weighted by atomic mass is 9.82. The SMILES string of the molecule is Cc1ccccc1CC(=O)Nc1cc(NC(=O)Nc2c[n+]([C@@H]3CCC[C@H](c4cncnc4)C3)no2)cc(C(F)(F)F)c1. The van der Waals surface area contributed by atoms with Gasteiger partial charge in [-0.3, -0.25) is 14.6 Å². The molecule has 0 saturated heterocycles. The van der Waals surface area contributed by atoms with Crippen molar-refractivity contribution in [3.63, 3.8) is 0 Å². The fourth-order valence-corrected chi connectivity index (χ4v) is 5.11. The maximum atomic E-state index is 13.6. The predicted molar refractivity (Wildman–Crippen MR) is 147 cm³/mol. The molecule has 2 aromatic heterocycles. The van der Waals surface area contributed by atoms with Crippen LogP contribution in [0.4, 0.5) is 35.2 Å². The number of nitrogens with one attached hydrogen (secondary N) is 3. The number of benzene rings is 2. The summed E-state index contributed by atoms with van der Waals surface area (Å²) in [6.45, 7) is 1.84. The van der Waals surface area contributed by atoms with E-state index < -0.39 is 23.7 Å². The monoisotopic (exact) mass is 580 g/mol. The molecule has 2 atom stereocenters. The molecular weight excluding hydrogens is 551 g/mol. The van der Waals surface area contributed by atoms with Gasteiger partial charge in [0.25, 0.3) is 6.20 Å². The number of anilines is 3. The van der Waals surface area contributed by atoms with E-state index in [0.29, 0.717) is 0 Å². The Bertz CT molecular complexity index is 1560. The van der Waals surface area contributed by atoms with E-state index in [1.807, 2.05) is 19.1 Å². The van der Waals surface area contributed by atoms with Gasteiger partial charge in [-0.2, -0.15) is 13.2 Å². The Morgan fingerprint density at radius 1 is 1.02 bits per heavy atom. The quantitative estimate of drug-likeness (QED) is 0.237. The van der Waals surface area contributed by atoms with E-state index >= 15 is 0 Å². The van der Waals surface area contributed by atoms with Crippen LogP contribution in [0.15, 0.2) is 71.9 Å². The maximum Gasteiger partial charge on any atom is 0.416 e. The molecule has 1 aliphatic rings. The molecule has 1 saturated carbocycles. The number of hydrogen-bond donors (Lipinski definition) is 3. The molecule has 218 valence electrons. The van der Waals surface area contributed by atoms with Gasteiger partial charge in [-0.1, -0.05) is 24.3 Å². The van der Waals surface area contributed by atoms with Crippen molar-refractivity contribution in [2.24, 2.45) is 0 Å². The zero-order valence-electron chi connectivity index (χ0n) is 22.7. The summed E-state index contributed by atoms with van der Waals surface area (Å²) in [6.07, 6.45) is 5.55. The highest BCUT2D eigenvalue weighted by molar-refractivity contribution is 6.00. The van der Waals surface area contributed by atoms with Crippen molar-refractivity contribution in [1.29, 1.82) is 0 Å². The molecule has 2 aromatic carbocycles. The molecule has 10 nitrogen and oxygen atoms in total. The number of aryl methyl sites for hydroxylation is 1. The molecule has 3 amide bonds. The minimum Gasteiger partial charge on any atom is -0.326 e. The van der Waals surface area contributed by atoms with E-state index in [4.69, 9.17) is 4.52 Å². The molecule has 4 aromatic rings. The van der Waals surface area contributed by atoms with Crippen LogP contribution in [0.25, 0.3) is 0 Å². The van der Waals surface area contributed by atoms with Crippen LogP contribution in [0.1, 0.15) is 59.9 Å². The smallest absolute Gasteiger partial charge is 0.326 e. The van der Waals surface area contributed by atoms with Gasteiger partial charge in [-0.15, -0.1) is 0 Å². The fourth-order valence-electron chi connectivity index (χ4n) is 5.11. The predicted octanol–water partition coefficient (Wildman–Crippen LogP) is 5.80. The third-order valence-corrected chi connectivity index (χ3v) is 7.21. The van der Waals surface area contributed by atoms with Crippen LogP contribution in [-0.4, -0.2) is 27.2 Å². The molecule has 1 fully saturated rings. The molecule has 0 spiro atoms. The standard InChI is InChI=1S/C29H28F3N7O3/c1-18-5-2-3-6-19(18)10-26(40)35-23-11-22(29(30,31)32)12-24(13-23)36-28(41)37-27-16-39(38-42-27)25-8-4-7-20(9-25)21-14-33-17-34-15-21/h2-3,5-6,11-17,20,25H,4,7-10H2,1H3,(H2-,35,36,37,38,40,41)/p+1/t20-,25+/m0/s1. The summed E-state index contributed by atoms with van der Waals surface area (Å²) >= 11 is 0. The molecule has 42 heavy (non-hydrogen) atoms. The van der Waals surface area contributed by atoms with Crippen LogP contribution in [-0.2, 0) is 17.4 Å². The number of urea groups is 1. The van der Waals surface area contributed by atoms with Crippen LogP contribution in [0.5, 0.6) is 0 Å². The summed E-state index contributed by atoms with van der Waals surface area (Å²) < 4.78 is 47.7. The molecule has 0 radical (unpaired) electrons. The van der Waals surface area contributed by atoms with Crippen LogP contribution in [0.2, 0.25) is 0 Å². The minimum atomic E-state index is -4.70. The zero-order valence-corrected chi connectivity index (χ0v) is 22.7. The van der Waals surface area contributed by atoms with Crippen molar-refractivity contribution in [2.45, 2.75) is 57.2 Å². The number of amides is 3. The van der Waals surface area contributed by atoms with Crippen molar-refractivity contribution in [3.05, 3.63) is 89.6 Å². The number of carbonyl (C=O) groups is 2. The van der Waals surface area contributed by atoms with Crippen LogP contribution in [0.3, 0.4) is 0 Å². The van der Waals surface area contributed by atoms with Gasteiger partial charge in [0.2, 0.25) is 11.2 Å². The molecule has 2 heterocycles. The normalized spacial score (nSPS) is 17.0. The molecule has 0 unspecified atom stereocenters. The average Bonchev–Trinajstić information content (AvgIpc) is 3.42. The van der Waals surface area contributed by atoms with Gasteiger partial charge < -0.3 is 10.6 Å². The second kappa shape index (κ2) is 12.4. The van der Waals surface area contributed by atoms with Crippen LogP contribution >= 0.6 is 0 Å². The van der Waals surface area contributed by atoms with Crippen molar-refractivity contribution in [3.8, 4) is 0 Å². The lowest BCUT2D eigenvalue weighted by molar-refractivity contribution is -0.787. The summed E-state index contributed by atoms with van der Waals surface area (Å²) in [5.41, 5.74) is 1.39. The highest BCUT2D eigenvalue weighted by Crippen LogP contribution is 2.36. The molecule has 3 N–H and O–H groups in total. The third kappa shape index (κ3) is 7.28. The number of halogens is 3. The first-order valence-electron chi connectivity index (χ1n) is 13.4. The van der Waals surface area contributed by atoms with Crippen molar-refractivity contribution in [2.75, 3.05) is 16.0 Å². The fraction of sp³-hybridized carbons (Fsp3) is 0.310. The van der Waals surface area contributed by atoms with Gasteiger partial charge in [-0.05, 0) is 65.3 Å². The summed E-state index contributed by atoms with van der Waals surface area (Å²) in [7, 11) is 0. The number of rotatable bonds is 7. The number of carbonyl (C=O) groups excluding carboxylic acids is 2. The number of nitrogens with zero attached hydrogens (tertiary/aromatic N) is 4. The lowest BCUT2D eigenvalue weighted by Crippen LogP contribution is -2.42. The van der Waals surface area contributed by atoms with Gasteiger partial charge in [0, 0.05) is 36.6 Å². The van der Waals surface area contributed by atoms with E-state index in [9.17, 15) is 22.8 Å². The van der Waals surface area contributed by atoms with Gasteiger partial charge in [0.05, 0.1) is 12.0 Å². The molecule has 0 aliphatic heterocycles.